The van der Waals surface area contributed by atoms with Gasteiger partial charge in [0.1, 0.15) is 5.76 Å². The molecule has 1 N–H and O–H groups in total. The van der Waals surface area contributed by atoms with Gasteiger partial charge in [-0.3, -0.25) is 4.90 Å². The highest BCUT2D eigenvalue weighted by Gasteiger charge is 2.21. The molecule has 3 nitrogen and oxygen atoms in total. The van der Waals surface area contributed by atoms with E-state index < -0.39 is 0 Å². The van der Waals surface area contributed by atoms with Crippen LogP contribution in [0.5, 0.6) is 0 Å². The highest BCUT2D eigenvalue weighted by Crippen LogP contribution is 2.13. The van der Waals surface area contributed by atoms with Crippen molar-refractivity contribution < 1.29 is 4.42 Å². The number of nitrogens with one attached hydrogen (secondary N) is 1. The van der Waals surface area contributed by atoms with Gasteiger partial charge in [-0.2, -0.15) is 0 Å². The first-order valence-electron chi connectivity index (χ1n) is 6.79. The van der Waals surface area contributed by atoms with Crippen molar-refractivity contribution in [1.29, 1.82) is 0 Å². The van der Waals surface area contributed by atoms with Crippen LogP contribution in [0.3, 0.4) is 0 Å². The van der Waals surface area contributed by atoms with E-state index in [1.807, 2.05) is 6.07 Å². The predicted octanol–water partition coefficient (Wildman–Crippen LogP) is 2.28. The van der Waals surface area contributed by atoms with Crippen molar-refractivity contribution in [3.05, 3.63) is 24.2 Å². The first kappa shape index (κ1) is 12.7. The average molecular weight is 236 g/mol. The molecule has 2 rings (SSSR count). The molecule has 1 aliphatic rings. The van der Waals surface area contributed by atoms with Gasteiger partial charge in [0.25, 0.3) is 0 Å². The molecule has 0 saturated carbocycles. The van der Waals surface area contributed by atoms with Crippen molar-refractivity contribution in [2.75, 3.05) is 19.6 Å². The minimum atomic E-state index is 0.565. The van der Waals surface area contributed by atoms with Crippen LogP contribution in [0.1, 0.15) is 32.4 Å². The summed E-state index contributed by atoms with van der Waals surface area (Å²) < 4.78 is 5.44. The summed E-state index contributed by atoms with van der Waals surface area (Å²) in [5.74, 6) is 1.10. The maximum atomic E-state index is 5.44. The van der Waals surface area contributed by atoms with Crippen molar-refractivity contribution in [3.8, 4) is 0 Å². The minimum absolute atomic E-state index is 0.565. The largest absolute Gasteiger partial charge is 0.469 e. The molecule has 1 aromatic rings. The molecule has 17 heavy (non-hydrogen) atoms. The monoisotopic (exact) mass is 236 g/mol. The Morgan fingerprint density at radius 3 is 3.18 bits per heavy atom. The van der Waals surface area contributed by atoms with E-state index in [1.54, 1.807) is 6.26 Å². The minimum Gasteiger partial charge on any atom is -0.469 e. The number of nitrogens with zero attached hydrogens (tertiary/aromatic N) is 1. The van der Waals surface area contributed by atoms with Crippen molar-refractivity contribution in [2.24, 2.45) is 0 Å². The molecule has 1 fully saturated rings. The van der Waals surface area contributed by atoms with E-state index in [-0.39, 0.29) is 0 Å². The molecule has 1 aromatic heterocycles. The Balaban J connectivity index is 1.90. The molecule has 96 valence electrons. The maximum Gasteiger partial charge on any atom is 0.105 e. The van der Waals surface area contributed by atoms with Crippen LogP contribution in [0.25, 0.3) is 0 Å². The van der Waals surface area contributed by atoms with E-state index in [0.717, 1.165) is 18.7 Å². The van der Waals surface area contributed by atoms with Crippen LogP contribution in [0.4, 0.5) is 0 Å². The van der Waals surface area contributed by atoms with Gasteiger partial charge < -0.3 is 9.73 Å². The van der Waals surface area contributed by atoms with Crippen molar-refractivity contribution in [3.63, 3.8) is 0 Å². The lowest BCUT2D eigenvalue weighted by Gasteiger charge is -2.29. The fraction of sp³-hybridized carbons (Fsp3) is 0.714. The summed E-state index contributed by atoms with van der Waals surface area (Å²) >= 11 is 0. The third kappa shape index (κ3) is 3.58. The summed E-state index contributed by atoms with van der Waals surface area (Å²) in [7, 11) is 0. The lowest BCUT2D eigenvalue weighted by atomic mass is 10.1. The van der Waals surface area contributed by atoms with Crippen LogP contribution >= 0.6 is 0 Å². The maximum absolute atomic E-state index is 5.44. The predicted molar refractivity (Wildman–Crippen MR) is 70.1 cm³/mol. The fourth-order valence-electron chi connectivity index (χ4n) is 2.55. The smallest absolute Gasteiger partial charge is 0.105 e. The molecule has 2 atom stereocenters. The van der Waals surface area contributed by atoms with E-state index in [9.17, 15) is 0 Å². The zero-order valence-electron chi connectivity index (χ0n) is 11.0. The van der Waals surface area contributed by atoms with Crippen LogP contribution < -0.4 is 5.32 Å². The summed E-state index contributed by atoms with van der Waals surface area (Å²) in [6.45, 7) is 8.09. The Morgan fingerprint density at radius 1 is 1.59 bits per heavy atom. The van der Waals surface area contributed by atoms with E-state index in [4.69, 9.17) is 4.42 Å². The van der Waals surface area contributed by atoms with E-state index >= 15 is 0 Å². The first-order chi connectivity index (χ1) is 8.29. The number of hydrogen-bond acceptors (Lipinski definition) is 3. The molecule has 0 aliphatic carbocycles. The molecule has 1 saturated heterocycles. The van der Waals surface area contributed by atoms with Gasteiger partial charge in [0.05, 0.1) is 6.26 Å². The SMILES string of the molecule is CCC1CN(C(C)Cc2ccco2)CCCN1. The second kappa shape index (κ2) is 6.22. The average Bonchev–Trinajstić information content (AvgIpc) is 2.71. The summed E-state index contributed by atoms with van der Waals surface area (Å²) in [6, 6.07) is 5.26. The second-order valence-electron chi connectivity index (χ2n) is 5.04. The highest BCUT2D eigenvalue weighted by atomic mass is 16.3. The molecule has 1 aliphatic heterocycles. The summed E-state index contributed by atoms with van der Waals surface area (Å²) in [5, 5.41) is 3.61. The fourth-order valence-corrected chi connectivity index (χ4v) is 2.55. The van der Waals surface area contributed by atoms with Crippen LogP contribution in [-0.4, -0.2) is 36.6 Å². The normalized spacial score (nSPS) is 24.5. The van der Waals surface area contributed by atoms with Gasteiger partial charge in [-0.1, -0.05) is 6.92 Å². The Labute approximate surface area is 104 Å². The first-order valence-corrected chi connectivity index (χ1v) is 6.79. The standard InChI is InChI=1S/C14H24N2O/c1-3-13-11-16(8-5-7-15-13)12(2)10-14-6-4-9-17-14/h4,6,9,12-13,15H,3,5,7-8,10-11H2,1-2H3. The van der Waals surface area contributed by atoms with Crippen molar-refractivity contribution in [2.45, 2.75) is 45.2 Å². The van der Waals surface area contributed by atoms with Crippen LogP contribution in [0, 0.1) is 0 Å². The lowest BCUT2D eigenvalue weighted by Crippen LogP contribution is -2.42. The Hall–Kier alpha value is -0.800. The molecular formula is C14H24N2O. The van der Waals surface area contributed by atoms with Crippen molar-refractivity contribution in [1.82, 2.24) is 10.2 Å². The highest BCUT2D eigenvalue weighted by molar-refractivity contribution is 5.00. The molecule has 0 spiro atoms. The summed E-state index contributed by atoms with van der Waals surface area (Å²) in [6.07, 6.45) is 5.24. The topological polar surface area (TPSA) is 28.4 Å². The van der Waals surface area contributed by atoms with Gasteiger partial charge in [0.2, 0.25) is 0 Å². The van der Waals surface area contributed by atoms with Gasteiger partial charge >= 0.3 is 0 Å². The summed E-state index contributed by atoms with van der Waals surface area (Å²) in [5.41, 5.74) is 0. The quantitative estimate of drug-likeness (QED) is 0.869. The van der Waals surface area contributed by atoms with Gasteiger partial charge in [0, 0.05) is 25.0 Å². The zero-order valence-corrected chi connectivity index (χ0v) is 11.0. The lowest BCUT2D eigenvalue weighted by molar-refractivity contribution is 0.196. The number of rotatable bonds is 4. The van der Waals surface area contributed by atoms with Crippen LogP contribution in [0.15, 0.2) is 22.8 Å². The van der Waals surface area contributed by atoms with Gasteiger partial charge in [0.15, 0.2) is 0 Å². The molecule has 0 aromatic carbocycles. The van der Waals surface area contributed by atoms with E-state index in [2.05, 4.69) is 30.1 Å². The molecule has 0 bridgehead atoms. The van der Waals surface area contributed by atoms with Gasteiger partial charge in [-0.25, -0.2) is 0 Å². The summed E-state index contributed by atoms with van der Waals surface area (Å²) in [4.78, 5) is 2.59. The van der Waals surface area contributed by atoms with Crippen molar-refractivity contribution >= 4 is 0 Å². The van der Waals surface area contributed by atoms with Gasteiger partial charge in [-0.15, -0.1) is 0 Å². The Kier molecular flexibility index (Phi) is 4.63. The van der Waals surface area contributed by atoms with Crippen LogP contribution in [0.2, 0.25) is 0 Å². The number of furan rings is 1. The third-order valence-corrected chi connectivity index (χ3v) is 3.70. The van der Waals surface area contributed by atoms with E-state index in [0.29, 0.717) is 12.1 Å². The molecule has 2 unspecified atom stereocenters. The Morgan fingerprint density at radius 2 is 2.47 bits per heavy atom. The Bertz CT molecular complexity index is 310. The molecule has 2 heterocycles. The molecule has 0 amide bonds. The van der Waals surface area contributed by atoms with Gasteiger partial charge in [-0.05, 0) is 45.0 Å². The number of hydrogen-bond donors (Lipinski definition) is 1. The molecule has 0 radical (unpaired) electrons. The van der Waals surface area contributed by atoms with Crippen LogP contribution in [-0.2, 0) is 6.42 Å². The zero-order chi connectivity index (χ0) is 12.1. The molecular weight excluding hydrogens is 212 g/mol. The van der Waals surface area contributed by atoms with E-state index in [1.165, 1.54) is 25.9 Å². The molecule has 3 heteroatoms. The second-order valence-corrected chi connectivity index (χ2v) is 5.04. The third-order valence-electron chi connectivity index (χ3n) is 3.70.